The Kier molecular flexibility index (Phi) is 7.11. The molecule has 25 heavy (non-hydrogen) atoms. The fourth-order valence-electron chi connectivity index (χ4n) is 2.85. The lowest BCUT2D eigenvalue weighted by Gasteiger charge is -2.33. The van der Waals surface area contributed by atoms with Crippen molar-refractivity contribution in [2.45, 2.75) is 39.1 Å². The number of guanidine groups is 1. The predicted molar refractivity (Wildman–Crippen MR) is 92.3 cm³/mol. The van der Waals surface area contributed by atoms with E-state index in [1.807, 2.05) is 18.2 Å². The van der Waals surface area contributed by atoms with Gasteiger partial charge in [0.05, 0.1) is 6.61 Å². The Morgan fingerprint density at radius 1 is 1.28 bits per heavy atom. The molecule has 0 amide bonds. The highest BCUT2D eigenvalue weighted by atomic mass is 19.4. The largest absolute Gasteiger partial charge is 0.411 e. The monoisotopic (exact) mass is 357 g/mol. The standard InChI is InChI=1S/C18H26F3N3O/c1-14-6-8-24(9-7-14)17(22-2)23-11-15-4-3-5-16(10-15)12-25-13-18(19,20)21/h3-5,10,14H,6-9,11-13H2,1-2H3,(H,22,23). The highest BCUT2D eigenvalue weighted by Gasteiger charge is 2.27. The van der Waals surface area contributed by atoms with Crippen LogP contribution in [0, 0.1) is 5.92 Å². The van der Waals surface area contributed by atoms with Gasteiger partial charge in [0.1, 0.15) is 6.61 Å². The highest BCUT2D eigenvalue weighted by molar-refractivity contribution is 5.79. The van der Waals surface area contributed by atoms with Crippen molar-refractivity contribution in [1.82, 2.24) is 10.2 Å². The van der Waals surface area contributed by atoms with E-state index >= 15 is 0 Å². The van der Waals surface area contributed by atoms with Crippen molar-refractivity contribution < 1.29 is 17.9 Å². The number of aliphatic imine (C=N–C) groups is 1. The van der Waals surface area contributed by atoms with E-state index in [0.717, 1.165) is 48.9 Å². The van der Waals surface area contributed by atoms with Crippen LogP contribution >= 0.6 is 0 Å². The summed E-state index contributed by atoms with van der Waals surface area (Å²) in [6.07, 6.45) is -1.98. The maximum absolute atomic E-state index is 12.1. The zero-order chi connectivity index (χ0) is 18.3. The van der Waals surface area contributed by atoms with Crippen molar-refractivity contribution in [3.8, 4) is 0 Å². The number of ether oxygens (including phenoxy) is 1. The third-order valence-corrected chi connectivity index (χ3v) is 4.27. The molecule has 1 aliphatic rings. The van der Waals surface area contributed by atoms with Crippen LogP contribution in [0.3, 0.4) is 0 Å². The van der Waals surface area contributed by atoms with Gasteiger partial charge in [0.2, 0.25) is 0 Å². The Morgan fingerprint density at radius 2 is 1.96 bits per heavy atom. The second-order valence-corrected chi connectivity index (χ2v) is 6.50. The minimum absolute atomic E-state index is 0.0495. The van der Waals surface area contributed by atoms with E-state index in [0.29, 0.717) is 6.54 Å². The number of likely N-dealkylation sites (tertiary alicyclic amines) is 1. The second kappa shape index (κ2) is 9.08. The first-order chi connectivity index (χ1) is 11.9. The first-order valence-electron chi connectivity index (χ1n) is 8.55. The topological polar surface area (TPSA) is 36.9 Å². The van der Waals surface area contributed by atoms with Crippen molar-refractivity contribution in [2.75, 3.05) is 26.7 Å². The van der Waals surface area contributed by atoms with E-state index in [-0.39, 0.29) is 6.61 Å². The van der Waals surface area contributed by atoms with Gasteiger partial charge in [-0.3, -0.25) is 4.99 Å². The third kappa shape index (κ3) is 6.94. The number of benzene rings is 1. The highest BCUT2D eigenvalue weighted by Crippen LogP contribution is 2.17. The zero-order valence-electron chi connectivity index (χ0n) is 14.8. The summed E-state index contributed by atoms with van der Waals surface area (Å²) in [5, 5.41) is 3.33. The quantitative estimate of drug-likeness (QED) is 0.647. The van der Waals surface area contributed by atoms with Crippen LogP contribution in [-0.2, 0) is 17.9 Å². The van der Waals surface area contributed by atoms with Gasteiger partial charge in [0.15, 0.2) is 5.96 Å². The van der Waals surface area contributed by atoms with Crippen LogP contribution in [0.5, 0.6) is 0 Å². The fraction of sp³-hybridized carbons (Fsp3) is 0.611. The molecule has 1 aliphatic heterocycles. The average Bonchev–Trinajstić information content (AvgIpc) is 2.56. The zero-order valence-corrected chi connectivity index (χ0v) is 14.8. The number of nitrogens with one attached hydrogen (secondary N) is 1. The summed E-state index contributed by atoms with van der Waals surface area (Å²) in [6, 6.07) is 7.39. The summed E-state index contributed by atoms with van der Waals surface area (Å²) in [5.74, 6) is 1.62. The van der Waals surface area contributed by atoms with Gasteiger partial charge in [0, 0.05) is 26.7 Å². The number of hydrogen-bond acceptors (Lipinski definition) is 2. The minimum Gasteiger partial charge on any atom is -0.367 e. The van der Waals surface area contributed by atoms with Gasteiger partial charge >= 0.3 is 6.18 Å². The third-order valence-electron chi connectivity index (χ3n) is 4.27. The first-order valence-corrected chi connectivity index (χ1v) is 8.55. The molecule has 1 N–H and O–H groups in total. The van der Waals surface area contributed by atoms with Gasteiger partial charge in [-0.25, -0.2) is 0 Å². The Morgan fingerprint density at radius 3 is 2.60 bits per heavy atom. The average molecular weight is 357 g/mol. The van der Waals surface area contributed by atoms with E-state index in [4.69, 9.17) is 4.74 Å². The predicted octanol–water partition coefficient (Wildman–Crippen LogP) is 3.57. The summed E-state index contributed by atoms with van der Waals surface area (Å²) in [5.41, 5.74) is 1.71. The van der Waals surface area contributed by atoms with E-state index < -0.39 is 12.8 Å². The van der Waals surface area contributed by atoms with Gasteiger partial charge < -0.3 is 15.0 Å². The minimum atomic E-state index is -4.29. The van der Waals surface area contributed by atoms with E-state index in [9.17, 15) is 13.2 Å². The maximum Gasteiger partial charge on any atom is 0.411 e. The molecule has 0 saturated carbocycles. The van der Waals surface area contributed by atoms with E-state index in [1.165, 1.54) is 0 Å². The molecule has 140 valence electrons. The van der Waals surface area contributed by atoms with Gasteiger partial charge in [-0.1, -0.05) is 31.2 Å². The Bertz CT molecular complexity index is 567. The smallest absolute Gasteiger partial charge is 0.367 e. The van der Waals surface area contributed by atoms with Crippen molar-refractivity contribution in [1.29, 1.82) is 0 Å². The molecule has 4 nitrogen and oxygen atoms in total. The molecule has 2 rings (SSSR count). The van der Waals surface area contributed by atoms with Crippen LogP contribution < -0.4 is 5.32 Å². The van der Waals surface area contributed by atoms with Crippen LogP contribution in [0.15, 0.2) is 29.3 Å². The molecule has 0 bridgehead atoms. The summed E-state index contributed by atoms with van der Waals surface area (Å²) in [6.45, 7) is 3.55. The molecule has 0 spiro atoms. The van der Waals surface area contributed by atoms with Gasteiger partial charge in [-0.05, 0) is 29.9 Å². The summed E-state index contributed by atoms with van der Waals surface area (Å²) >= 11 is 0. The number of hydrogen-bond donors (Lipinski definition) is 1. The molecule has 0 unspecified atom stereocenters. The molecule has 1 aromatic carbocycles. The Hall–Kier alpha value is -1.76. The molecule has 1 heterocycles. The van der Waals surface area contributed by atoms with Crippen molar-refractivity contribution in [3.05, 3.63) is 35.4 Å². The summed E-state index contributed by atoms with van der Waals surface area (Å²) in [4.78, 5) is 6.58. The molecule has 1 saturated heterocycles. The van der Waals surface area contributed by atoms with Crippen LogP contribution in [0.2, 0.25) is 0 Å². The van der Waals surface area contributed by atoms with Gasteiger partial charge in [-0.15, -0.1) is 0 Å². The van der Waals surface area contributed by atoms with Crippen molar-refractivity contribution in [2.24, 2.45) is 10.9 Å². The van der Waals surface area contributed by atoms with Crippen LogP contribution in [0.1, 0.15) is 30.9 Å². The number of piperidine rings is 1. The lowest BCUT2D eigenvalue weighted by Crippen LogP contribution is -2.45. The molecule has 0 radical (unpaired) electrons. The molecule has 0 aromatic heterocycles. The lowest BCUT2D eigenvalue weighted by molar-refractivity contribution is -0.176. The molecule has 1 fully saturated rings. The summed E-state index contributed by atoms with van der Waals surface area (Å²) in [7, 11) is 1.77. The molecule has 1 aromatic rings. The number of rotatable bonds is 5. The van der Waals surface area contributed by atoms with Crippen molar-refractivity contribution >= 4 is 5.96 Å². The van der Waals surface area contributed by atoms with Gasteiger partial charge in [-0.2, -0.15) is 13.2 Å². The molecular formula is C18H26F3N3O. The second-order valence-electron chi connectivity index (χ2n) is 6.50. The molecular weight excluding hydrogens is 331 g/mol. The van der Waals surface area contributed by atoms with E-state index in [2.05, 4.69) is 22.1 Å². The SMILES string of the molecule is CN=C(NCc1cccc(COCC(F)(F)F)c1)N1CCC(C)CC1. The number of halogens is 3. The van der Waals surface area contributed by atoms with E-state index in [1.54, 1.807) is 13.1 Å². The number of nitrogens with zero attached hydrogens (tertiary/aromatic N) is 2. The molecule has 0 atom stereocenters. The normalized spacial score (nSPS) is 17.0. The van der Waals surface area contributed by atoms with Crippen molar-refractivity contribution in [3.63, 3.8) is 0 Å². The van der Waals surface area contributed by atoms with Gasteiger partial charge in [0.25, 0.3) is 0 Å². The van der Waals surface area contributed by atoms with Crippen LogP contribution in [0.25, 0.3) is 0 Å². The van der Waals surface area contributed by atoms with Crippen LogP contribution in [0.4, 0.5) is 13.2 Å². The molecule has 0 aliphatic carbocycles. The summed E-state index contributed by atoms with van der Waals surface area (Å²) < 4.78 is 41.1. The maximum atomic E-state index is 12.1. The molecule has 7 heteroatoms. The van der Waals surface area contributed by atoms with Crippen LogP contribution in [-0.4, -0.2) is 43.8 Å². The number of alkyl halides is 3. The first kappa shape index (κ1) is 19.6. The lowest BCUT2D eigenvalue weighted by atomic mass is 9.99. The Balaban J connectivity index is 1.84. The fourth-order valence-corrected chi connectivity index (χ4v) is 2.85. The Labute approximate surface area is 147 Å².